The van der Waals surface area contributed by atoms with E-state index in [9.17, 15) is 4.79 Å². The molecule has 212 valence electrons. The first-order chi connectivity index (χ1) is 19.5. The Labute approximate surface area is 245 Å². The molecule has 1 unspecified atom stereocenters. The Morgan fingerprint density at radius 1 is 0.925 bits per heavy atom. The van der Waals surface area contributed by atoms with Gasteiger partial charge in [-0.1, -0.05) is 84.9 Å². The van der Waals surface area contributed by atoms with E-state index in [0.717, 1.165) is 56.7 Å². The van der Waals surface area contributed by atoms with Crippen LogP contribution in [0, 0.1) is 0 Å². The molecular weight excluding hydrogens is 514 g/mol. The fourth-order valence-electron chi connectivity index (χ4n) is 5.23. The van der Waals surface area contributed by atoms with Gasteiger partial charge in [0, 0.05) is 42.7 Å². The molecule has 3 aromatic rings. The van der Waals surface area contributed by atoms with Gasteiger partial charge in [0.25, 0.3) is 0 Å². The zero-order valence-electron chi connectivity index (χ0n) is 24.1. The van der Waals surface area contributed by atoms with Crippen molar-refractivity contribution in [1.29, 1.82) is 0 Å². The second-order valence-corrected chi connectivity index (χ2v) is 12.0. The first-order valence-corrected chi connectivity index (χ1v) is 15.2. The van der Waals surface area contributed by atoms with Gasteiger partial charge in [-0.3, -0.25) is 4.90 Å². The van der Waals surface area contributed by atoms with Crippen molar-refractivity contribution in [2.75, 3.05) is 33.2 Å². The molecule has 1 atom stereocenters. The molecule has 0 aliphatic carbocycles. The van der Waals surface area contributed by atoms with E-state index < -0.39 is 0 Å². The van der Waals surface area contributed by atoms with E-state index >= 15 is 0 Å². The third-order valence-corrected chi connectivity index (χ3v) is 8.23. The van der Waals surface area contributed by atoms with Gasteiger partial charge in [0.1, 0.15) is 6.61 Å². The molecule has 40 heavy (non-hydrogen) atoms. The summed E-state index contributed by atoms with van der Waals surface area (Å²) in [5, 5.41) is 0. The van der Waals surface area contributed by atoms with E-state index in [1.54, 1.807) is 11.9 Å². The van der Waals surface area contributed by atoms with E-state index in [1.807, 2.05) is 35.2 Å². The van der Waals surface area contributed by atoms with Crippen molar-refractivity contribution < 1.29 is 9.53 Å². The average Bonchev–Trinajstić information content (AvgIpc) is 3.21. The summed E-state index contributed by atoms with van der Waals surface area (Å²) >= 11 is 1.80. The summed E-state index contributed by atoms with van der Waals surface area (Å²) in [4.78, 5) is 18.8. The number of amides is 1. The van der Waals surface area contributed by atoms with E-state index in [2.05, 4.69) is 96.8 Å². The van der Waals surface area contributed by atoms with E-state index in [-0.39, 0.29) is 12.1 Å². The lowest BCUT2D eigenvalue weighted by Gasteiger charge is -2.29. The summed E-state index contributed by atoms with van der Waals surface area (Å²) in [6.07, 6.45) is 4.85. The van der Waals surface area contributed by atoms with Crippen LogP contribution in [0.4, 0.5) is 4.79 Å². The molecular formula is C34H43N3O2S. The van der Waals surface area contributed by atoms with Crippen molar-refractivity contribution in [2.45, 2.75) is 56.6 Å². The Hall–Kier alpha value is -3.06. The number of rotatable bonds is 12. The lowest BCUT2D eigenvalue weighted by atomic mass is 9.95. The lowest BCUT2D eigenvalue weighted by Crippen LogP contribution is -2.37. The highest BCUT2D eigenvalue weighted by Gasteiger charge is 2.25. The molecule has 5 nitrogen and oxygen atoms in total. The van der Waals surface area contributed by atoms with Crippen molar-refractivity contribution in [3.05, 3.63) is 114 Å². The minimum Gasteiger partial charge on any atom is -0.444 e. The largest absolute Gasteiger partial charge is 0.444 e. The van der Waals surface area contributed by atoms with Gasteiger partial charge < -0.3 is 9.64 Å². The summed E-state index contributed by atoms with van der Waals surface area (Å²) in [6.45, 7) is 8.37. The number of hydrogen-bond acceptors (Lipinski definition) is 5. The van der Waals surface area contributed by atoms with Crippen LogP contribution in [0.15, 0.2) is 108 Å². The molecule has 0 N–H and O–H groups in total. The third kappa shape index (κ3) is 9.26. The van der Waals surface area contributed by atoms with Crippen LogP contribution in [0.25, 0.3) is 0 Å². The van der Waals surface area contributed by atoms with Gasteiger partial charge in [0.2, 0.25) is 0 Å². The van der Waals surface area contributed by atoms with E-state index in [0.29, 0.717) is 12.5 Å². The Kier molecular flexibility index (Phi) is 11.7. The van der Waals surface area contributed by atoms with Crippen LogP contribution < -0.4 is 0 Å². The van der Waals surface area contributed by atoms with Crippen LogP contribution in [0.3, 0.4) is 0 Å². The maximum Gasteiger partial charge on any atom is 0.414 e. The Morgan fingerprint density at radius 3 is 2.25 bits per heavy atom. The Bertz CT molecular complexity index is 1190. The summed E-state index contributed by atoms with van der Waals surface area (Å²) in [6, 6.07) is 31.4. The first kappa shape index (κ1) is 29.9. The van der Waals surface area contributed by atoms with E-state index in [1.165, 1.54) is 10.5 Å². The summed E-state index contributed by atoms with van der Waals surface area (Å²) in [5.74, 6) is 0.443. The predicted molar refractivity (Wildman–Crippen MR) is 166 cm³/mol. The summed E-state index contributed by atoms with van der Waals surface area (Å²) in [5.41, 5.74) is 3.47. The van der Waals surface area contributed by atoms with Gasteiger partial charge >= 0.3 is 6.09 Å². The molecule has 1 heterocycles. The topological polar surface area (TPSA) is 36.0 Å². The summed E-state index contributed by atoms with van der Waals surface area (Å²) in [7, 11) is 2.19. The Balaban J connectivity index is 1.32. The molecule has 0 saturated carbocycles. The molecule has 1 aliphatic heterocycles. The molecule has 0 spiro atoms. The second-order valence-electron chi connectivity index (χ2n) is 10.7. The molecule has 0 radical (unpaired) electrons. The average molecular weight is 558 g/mol. The highest BCUT2D eigenvalue weighted by molar-refractivity contribution is 7.97. The van der Waals surface area contributed by atoms with Crippen LogP contribution in [0.1, 0.15) is 50.2 Å². The van der Waals surface area contributed by atoms with Crippen molar-refractivity contribution >= 4 is 18.0 Å². The molecule has 0 saturated heterocycles. The van der Waals surface area contributed by atoms with Crippen molar-refractivity contribution in [3.63, 3.8) is 0 Å². The molecule has 4 rings (SSSR count). The van der Waals surface area contributed by atoms with Gasteiger partial charge in [-0.05, 0) is 81.4 Å². The normalized spacial score (nSPS) is 15.0. The lowest BCUT2D eigenvalue weighted by molar-refractivity contribution is 0.0967. The number of likely N-dealkylation sites (N-methyl/N-ethyl adjacent to an activating group) is 1. The first-order valence-electron chi connectivity index (χ1n) is 14.4. The van der Waals surface area contributed by atoms with Crippen LogP contribution >= 0.6 is 11.9 Å². The number of ether oxygens (including phenoxy) is 1. The fourth-order valence-corrected chi connectivity index (χ4v) is 6.12. The van der Waals surface area contributed by atoms with Crippen LogP contribution in [0.5, 0.6) is 0 Å². The minimum atomic E-state index is -0.262. The number of carbonyl (C=O) groups excluding carboxylic acids is 1. The Morgan fingerprint density at radius 2 is 1.57 bits per heavy atom. The standard InChI is InChI=1S/C34H43N3O2S/c1-28(2)37(34(38)39-27-29-14-7-4-8-15-29)32-18-13-23-36(25-22-32)24-21-31(30-16-9-5-10-17-30)26-35(3)40-33-19-11-6-12-20-33/h4-12,14-20,28,31H,13,21-27H2,1-3H3. The number of benzene rings is 3. The van der Waals surface area contributed by atoms with Crippen molar-refractivity contribution in [2.24, 2.45) is 0 Å². The van der Waals surface area contributed by atoms with Gasteiger partial charge in [0.05, 0.1) is 0 Å². The van der Waals surface area contributed by atoms with Gasteiger partial charge in [-0.15, -0.1) is 0 Å². The molecule has 0 fully saturated rings. The van der Waals surface area contributed by atoms with Gasteiger partial charge in [0.15, 0.2) is 0 Å². The quantitative estimate of drug-likeness (QED) is 0.212. The highest BCUT2D eigenvalue weighted by atomic mass is 32.2. The SMILES string of the molecule is CC(C)N(C(=O)OCc1ccccc1)C1=CCCN(CCC(CN(C)Sc2ccccc2)c2ccccc2)CC1. The minimum absolute atomic E-state index is 0.0428. The predicted octanol–water partition coefficient (Wildman–Crippen LogP) is 7.83. The molecule has 3 aromatic carbocycles. The maximum atomic E-state index is 13.1. The molecule has 6 heteroatoms. The van der Waals surface area contributed by atoms with Crippen LogP contribution in [-0.4, -0.2) is 59.5 Å². The van der Waals surface area contributed by atoms with E-state index in [4.69, 9.17) is 4.74 Å². The monoisotopic (exact) mass is 557 g/mol. The maximum absolute atomic E-state index is 13.1. The van der Waals surface area contributed by atoms with Crippen LogP contribution in [-0.2, 0) is 11.3 Å². The zero-order valence-corrected chi connectivity index (χ0v) is 24.9. The van der Waals surface area contributed by atoms with Crippen LogP contribution in [0.2, 0.25) is 0 Å². The summed E-state index contributed by atoms with van der Waals surface area (Å²) < 4.78 is 8.06. The molecule has 0 aromatic heterocycles. The van der Waals surface area contributed by atoms with Crippen molar-refractivity contribution in [1.82, 2.24) is 14.1 Å². The number of carbonyl (C=O) groups is 1. The fraction of sp³-hybridized carbons (Fsp3) is 0.382. The third-order valence-electron chi connectivity index (χ3n) is 7.28. The van der Waals surface area contributed by atoms with Gasteiger partial charge in [-0.2, -0.15) is 0 Å². The highest BCUT2D eigenvalue weighted by Crippen LogP contribution is 2.28. The molecule has 0 bridgehead atoms. The number of nitrogens with zero attached hydrogens (tertiary/aromatic N) is 3. The zero-order chi connectivity index (χ0) is 28.2. The van der Waals surface area contributed by atoms with Gasteiger partial charge in [-0.25, -0.2) is 9.10 Å². The molecule has 1 aliphatic rings. The molecule has 1 amide bonds. The van der Waals surface area contributed by atoms with Crippen molar-refractivity contribution in [3.8, 4) is 0 Å². The smallest absolute Gasteiger partial charge is 0.414 e. The number of hydrogen-bond donors (Lipinski definition) is 0. The second kappa shape index (κ2) is 15.7.